The number of rotatable bonds is 7. The van der Waals surface area contributed by atoms with Gasteiger partial charge in [0.05, 0.1) is 10.6 Å². The number of oxime groups is 1. The molecule has 0 spiro atoms. The fourth-order valence-electron chi connectivity index (χ4n) is 1.67. The molecule has 1 unspecified atom stereocenters. The summed E-state index contributed by atoms with van der Waals surface area (Å²) in [5.41, 5.74) is 5.91. The smallest absolute Gasteiger partial charge is 0.179 e. The number of hydrogen-bond donors (Lipinski definition) is 3. The summed E-state index contributed by atoms with van der Waals surface area (Å²) in [6, 6.07) is 6.24. The third-order valence-corrected chi connectivity index (χ3v) is 5.19. The Labute approximate surface area is 126 Å². The molecule has 0 aliphatic rings. The lowest BCUT2D eigenvalue weighted by molar-refractivity contribution is 0.318. The van der Waals surface area contributed by atoms with Crippen LogP contribution in [0.25, 0.3) is 0 Å². The van der Waals surface area contributed by atoms with Gasteiger partial charge in [-0.25, -0.2) is 8.42 Å². The Morgan fingerprint density at radius 1 is 1.29 bits per heavy atom. The van der Waals surface area contributed by atoms with Crippen LogP contribution in [-0.4, -0.2) is 37.8 Å². The van der Waals surface area contributed by atoms with E-state index in [4.69, 9.17) is 10.9 Å². The SMILES string of the molecule is CC(C)C(C)NCCS(=O)(=O)c1ccc(/C(N)=N/O)cc1. The molecule has 0 heterocycles. The molecule has 21 heavy (non-hydrogen) atoms. The van der Waals surface area contributed by atoms with Gasteiger partial charge in [-0.05, 0) is 37.1 Å². The van der Waals surface area contributed by atoms with Crippen LogP contribution in [0.1, 0.15) is 26.3 Å². The Kier molecular flexibility index (Phi) is 6.17. The van der Waals surface area contributed by atoms with E-state index in [1.807, 2.05) is 6.92 Å². The number of hydrogen-bond acceptors (Lipinski definition) is 5. The van der Waals surface area contributed by atoms with E-state index >= 15 is 0 Å². The molecule has 7 heteroatoms. The molecular weight excluding hydrogens is 290 g/mol. The topological polar surface area (TPSA) is 105 Å². The van der Waals surface area contributed by atoms with Gasteiger partial charge < -0.3 is 16.3 Å². The van der Waals surface area contributed by atoms with Gasteiger partial charge in [0, 0.05) is 18.2 Å². The van der Waals surface area contributed by atoms with Crippen molar-refractivity contribution in [2.45, 2.75) is 31.7 Å². The second kappa shape index (κ2) is 7.42. The van der Waals surface area contributed by atoms with Crippen molar-refractivity contribution in [3.05, 3.63) is 29.8 Å². The van der Waals surface area contributed by atoms with Crippen molar-refractivity contribution >= 4 is 15.7 Å². The Morgan fingerprint density at radius 3 is 2.33 bits per heavy atom. The molecule has 0 bridgehead atoms. The van der Waals surface area contributed by atoms with Crippen molar-refractivity contribution in [1.82, 2.24) is 5.32 Å². The van der Waals surface area contributed by atoms with Gasteiger partial charge in [0.15, 0.2) is 15.7 Å². The quantitative estimate of drug-likeness (QED) is 0.303. The first-order valence-corrected chi connectivity index (χ1v) is 8.47. The third-order valence-electron chi connectivity index (χ3n) is 3.45. The molecule has 0 radical (unpaired) electrons. The molecule has 0 aromatic heterocycles. The van der Waals surface area contributed by atoms with Crippen molar-refractivity contribution < 1.29 is 13.6 Å². The molecule has 0 amide bonds. The van der Waals surface area contributed by atoms with Gasteiger partial charge in [0.25, 0.3) is 0 Å². The van der Waals surface area contributed by atoms with E-state index in [1.54, 1.807) is 0 Å². The van der Waals surface area contributed by atoms with Gasteiger partial charge in [0.1, 0.15) is 0 Å². The minimum atomic E-state index is -3.34. The zero-order chi connectivity index (χ0) is 16.0. The monoisotopic (exact) mass is 313 g/mol. The summed E-state index contributed by atoms with van der Waals surface area (Å²) in [5, 5.41) is 14.6. The molecule has 1 aromatic rings. The summed E-state index contributed by atoms with van der Waals surface area (Å²) >= 11 is 0. The van der Waals surface area contributed by atoms with E-state index in [0.29, 0.717) is 18.0 Å². The lowest BCUT2D eigenvalue weighted by atomic mass is 10.1. The predicted octanol–water partition coefficient (Wildman–Crippen LogP) is 1.19. The van der Waals surface area contributed by atoms with Crippen LogP contribution in [-0.2, 0) is 9.84 Å². The molecule has 0 aliphatic heterocycles. The van der Waals surface area contributed by atoms with Crippen LogP contribution >= 0.6 is 0 Å². The maximum absolute atomic E-state index is 12.2. The second-order valence-electron chi connectivity index (χ2n) is 5.32. The predicted molar refractivity (Wildman–Crippen MR) is 83.3 cm³/mol. The number of nitrogens with zero attached hydrogens (tertiary/aromatic N) is 1. The van der Waals surface area contributed by atoms with Crippen LogP contribution in [0.15, 0.2) is 34.3 Å². The highest BCUT2D eigenvalue weighted by Gasteiger charge is 2.15. The highest BCUT2D eigenvalue weighted by molar-refractivity contribution is 7.91. The van der Waals surface area contributed by atoms with Crippen LogP contribution in [0.5, 0.6) is 0 Å². The van der Waals surface area contributed by atoms with Gasteiger partial charge in [-0.1, -0.05) is 19.0 Å². The highest BCUT2D eigenvalue weighted by atomic mass is 32.2. The van der Waals surface area contributed by atoms with Crippen molar-refractivity contribution in [3.8, 4) is 0 Å². The molecule has 6 nitrogen and oxygen atoms in total. The number of nitrogens with one attached hydrogen (secondary N) is 1. The number of nitrogens with two attached hydrogens (primary N) is 1. The van der Waals surface area contributed by atoms with Gasteiger partial charge >= 0.3 is 0 Å². The van der Waals surface area contributed by atoms with Crippen molar-refractivity contribution in [2.75, 3.05) is 12.3 Å². The minimum Gasteiger partial charge on any atom is -0.409 e. The van der Waals surface area contributed by atoms with Crippen LogP contribution in [0.2, 0.25) is 0 Å². The van der Waals surface area contributed by atoms with Crippen LogP contribution in [0.3, 0.4) is 0 Å². The van der Waals surface area contributed by atoms with Crippen LogP contribution < -0.4 is 11.1 Å². The highest BCUT2D eigenvalue weighted by Crippen LogP contribution is 2.12. The van der Waals surface area contributed by atoms with E-state index in [2.05, 4.69) is 24.3 Å². The number of benzene rings is 1. The largest absolute Gasteiger partial charge is 0.409 e. The molecule has 118 valence electrons. The summed E-state index contributed by atoms with van der Waals surface area (Å²) < 4.78 is 24.4. The Morgan fingerprint density at radius 2 is 1.86 bits per heavy atom. The standard InChI is InChI=1S/C14H23N3O3S/c1-10(2)11(3)16-8-9-21(19,20)13-6-4-12(5-7-13)14(15)17-18/h4-7,10-11,16,18H,8-9H2,1-3H3,(H2,15,17). The molecular formula is C14H23N3O3S. The fourth-order valence-corrected chi connectivity index (χ4v) is 2.84. The maximum Gasteiger partial charge on any atom is 0.179 e. The second-order valence-corrected chi connectivity index (χ2v) is 7.42. The average Bonchev–Trinajstić information content (AvgIpc) is 2.46. The van der Waals surface area contributed by atoms with E-state index in [0.717, 1.165) is 0 Å². The summed E-state index contributed by atoms with van der Waals surface area (Å²) in [6.45, 7) is 6.60. The van der Waals surface area contributed by atoms with Crippen LogP contribution in [0.4, 0.5) is 0 Å². The summed E-state index contributed by atoms with van der Waals surface area (Å²) in [4.78, 5) is 0.232. The Hall–Kier alpha value is -1.60. The van der Waals surface area contributed by atoms with Crippen LogP contribution in [0, 0.1) is 5.92 Å². The van der Waals surface area contributed by atoms with E-state index in [9.17, 15) is 8.42 Å². The molecule has 1 aromatic carbocycles. The zero-order valence-corrected chi connectivity index (χ0v) is 13.4. The number of amidine groups is 1. The molecule has 0 saturated heterocycles. The van der Waals surface area contributed by atoms with Gasteiger partial charge in [-0.3, -0.25) is 0 Å². The maximum atomic E-state index is 12.2. The van der Waals surface area contributed by atoms with Crippen molar-refractivity contribution in [3.63, 3.8) is 0 Å². The zero-order valence-electron chi connectivity index (χ0n) is 12.6. The first-order chi connectivity index (χ1) is 9.77. The summed E-state index contributed by atoms with van der Waals surface area (Å²) in [6.07, 6.45) is 0. The Bertz CT molecular complexity index is 580. The van der Waals surface area contributed by atoms with Gasteiger partial charge in [-0.2, -0.15) is 0 Å². The molecule has 4 N–H and O–H groups in total. The minimum absolute atomic E-state index is 0.0347. The molecule has 0 fully saturated rings. The first kappa shape index (κ1) is 17.5. The van der Waals surface area contributed by atoms with Gasteiger partial charge in [-0.15, -0.1) is 0 Å². The van der Waals surface area contributed by atoms with Crippen molar-refractivity contribution in [2.24, 2.45) is 16.8 Å². The molecule has 1 atom stereocenters. The third kappa shape index (κ3) is 5.02. The lowest BCUT2D eigenvalue weighted by Crippen LogP contribution is -2.34. The lowest BCUT2D eigenvalue weighted by Gasteiger charge is -2.17. The fraction of sp³-hybridized carbons (Fsp3) is 0.500. The van der Waals surface area contributed by atoms with E-state index < -0.39 is 9.84 Å². The normalized spacial score (nSPS) is 14.4. The summed E-state index contributed by atoms with van der Waals surface area (Å²) in [7, 11) is -3.34. The molecule has 1 rings (SSSR count). The molecule has 0 saturated carbocycles. The first-order valence-electron chi connectivity index (χ1n) is 6.82. The average molecular weight is 313 g/mol. The van der Waals surface area contributed by atoms with E-state index in [-0.39, 0.29) is 22.5 Å². The number of sulfone groups is 1. The van der Waals surface area contributed by atoms with Crippen molar-refractivity contribution in [1.29, 1.82) is 0 Å². The van der Waals surface area contributed by atoms with Gasteiger partial charge in [0.2, 0.25) is 0 Å². The Balaban J connectivity index is 2.71. The summed E-state index contributed by atoms with van der Waals surface area (Å²) in [5.74, 6) is 0.437. The molecule has 0 aliphatic carbocycles. The van der Waals surface area contributed by atoms with E-state index in [1.165, 1.54) is 24.3 Å².